The average Bonchev–Trinajstić information content (AvgIpc) is 3.09. The summed E-state index contributed by atoms with van der Waals surface area (Å²) in [4.78, 5) is 40.0. The number of carbonyl (C=O) groups is 2. The zero-order valence-corrected chi connectivity index (χ0v) is 15.8. The molecule has 27 heavy (non-hydrogen) atoms. The van der Waals surface area contributed by atoms with Gasteiger partial charge in [-0.25, -0.2) is 19.7 Å². The van der Waals surface area contributed by atoms with Crippen LogP contribution in [0.5, 0.6) is 0 Å². The van der Waals surface area contributed by atoms with Gasteiger partial charge in [-0.05, 0) is 13.0 Å². The second kappa shape index (κ2) is 7.71. The van der Waals surface area contributed by atoms with Gasteiger partial charge in [0.1, 0.15) is 17.2 Å². The number of hydrogen-bond acceptors (Lipinski definition) is 7. The van der Waals surface area contributed by atoms with E-state index in [1.165, 1.54) is 19.5 Å². The van der Waals surface area contributed by atoms with Crippen LogP contribution in [0.15, 0.2) is 24.7 Å². The second-order valence-electron chi connectivity index (χ2n) is 5.88. The van der Waals surface area contributed by atoms with Crippen LogP contribution < -0.4 is 5.32 Å². The summed E-state index contributed by atoms with van der Waals surface area (Å²) in [7, 11) is 1.27. The van der Waals surface area contributed by atoms with Crippen molar-refractivity contribution in [3.63, 3.8) is 0 Å². The number of H-pyrrole nitrogens is 1. The van der Waals surface area contributed by atoms with Gasteiger partial charge < -0.3 is 15.0 Å². The highest BCUT2D eigenvalue weighted by Crippen LogP contribution is 2.31. The van der Waals surface area contributed by atoms with Crippen molar-refractivity contribution in [3.05, 3.63) is 35.4 Å². The van der Waals surface area contributed by atoms with Gasteiger partial charge in [-0.15, -0.1) is 0 Å². The molecule has 0 bridgehead atoms. The van der Waals surface area contributed by atoms with Gasteiger partial charge in [0.15, 0.2) is 11.5 Å². The molecule has 1 atom stereocenters. The molecule has 8 nitrogen and oxygen atoms in total. The summed E-state index contributed by atoms with van der Waals surface area (Å²) in [5, 5.41) is 4.15. The number of esters is 1. The van der Waals surface area contributed by atoms with Crippen molar-refractivity contribution < 1.29 is 14.3 Å². The van der Waals surface area contributed by atoms with Crippen molar-refractivity contribution in [2.24, 2.45) is 0 Å². The first-order valence-electron chi connectivity index (χ1n) is 8.32. The van der Waals surface area contributed by atoms with Crippen LogP contribution in [0.4, 0.5) is 5.82 Å². The monoisotopic (exact) mass is 387 g/mol. The summed E-state index contributed by atoms with van der Waals surface area (Å²) >= 11 is 6.06. The first-order valence-corrected chi connectivity index (χ1v) is 8.70. The van der Waals surface area contributed by atoms with E-state index in [0.717, 1.165) is 0 Å². The Bertz CT molecular complexity index is 1020. The zero-order chi connectivity index (χ0) is 19.6. The van der Waals surface area contributed by atoms with E-state index in [1.54, 1.807) is 26.1 Å². The topological polar surface area (TPSA) is 110 Å². The molecular formula is C18H18ClN5O3. The van der Waals surface area contributed by atoms with E-state index in [4.69, 9.17) is 16.3 Å². The second-order valence-corrected chi connectivity index (χ2v) is 6.32. The van der Waals surface area contributed by atoms with Crippen LogP contribution in [0.3, 0.4) is 0 Å². The number of ether oxygens (including phenoxy) is 1. The number of ketones is 1. The van der Waals surface area contributed by atoms with E-state index in [9.17, 15) is 9.59 Å². The van der Waals surface area contributed by atoms with Crippen LogP contribution >= 0.6 is 11.6 Å². The highest BCUT2D eigenvalue weighted by atomic mass is 35.5. The maximum Gasteiger partial charge on any atom is 0.358 e. The molecule has 0 spiro atoms. The summed E-state index contributed by atoms with van der Waals surface area (Å²) < 4.78 is 4.82. The maximum atomic E-state index is 12.2. The molecular weight excluding hydrogens is 370 g/mol. The van der Waals surface area contributed by atoms with E-state index < -0.39 is 12.0 Å². The first kappa shape index (κ1) is 18.8. The lowest BCUT2D eigenvalue weighted by Crippen LogP contribution is -2.26. The van der Waals surface area contributed by atoms with Gasteiger partial charge in [0.25, 0.3) is 0 Å². The molecule has 0 saturated heterocycles. The standard InChI is InChI=1S/C18H18ClN5O3/c1-4-13(25)9(2)23-14-8-20-16(18(26)27-3)15(24-14)12-7-22-17-11(12)5-10(19)6-21-17/h5-9H,4H2,1-3H3,(H,21,22)(H,23,24)/t9-/m0/s1. The number of aromatic nitrogens is 4. The molecule has 0 aliphatic carbocycles. The van der Waals surface area contributed by atoms with Crippen molar-refractivity contribution in [3.8, 4) is 11.3 Å². The van der Waals surface area contributed by atoms with Crippen molar-refractivity contribution in [2.75, 3.05) is 12.4 Å². The number of carbonyl (C=O) groups excluding carboxylic acids is 2. The molecule has 0 aliphatic heterocycles. The van der Waals surface area contributed by atoms with E-state index in [-0.39, 0.29) is 11.5 Å². The molecule has 0 unspecified atom stereocenters. The Hall–Kier alpha value is -3.00. The summed E-state index contributed by atoms with van der Waals surface area (Å²) in [6, 6.07) is 1.29. The lowest BCUT2D eigenvalue weighted by molar-refractivity contribution is -0.119. The largest absolute Gasteiger partial charge is 0.464 e. The number of nitrogens with one attached hydrogen (secondary N) is 2. The molecule has 2 N–H and O–H groups in total. The predicted octanol–water partition coefficient (Wildman–Crippen LogP) is 3.24. The Morgan fingerprint density at radius 3 is 2.81 bits per heavy atom. The third kappa shape index (κ3) is 3.75. The zero-order valence-electron chi connectivity index (χ0n) is 15.0. The van der Waals surface area contributed by atoms with Crippen LogP contribution in [0.25, 0.3) is 22.3 Å². The van der Waals surface area contributed by atoms with Crippen LogP contribution in [0, 0.1) is 0 Å². The maximum absolute atomic E-state index is 12.2. The number of Topliss-reactive ketones (excluding diaryl/α,β-unsaturated/α-hetero) is 1. The molecule has 3 rings (SSSR count). The number of pyridine rings is 1. The highest BCUT2D eigenvalue weighted by molar-refractivity contribution is 6.31. The SMILES string of the molecule is CCC(=O)[C@H](C)Nc1cnc(C(=O)OC)c(-c2c[nH]c3ncc(Cl)cc23)n1. The lowest BCUT2D eigenvalue weighted by Gasteiger charge is -2.14. The molecule has 0 radical (unpaired) electrons. The molecule has 0 amide bonds. The molecule has 0 saturated carbocycles. The molecule has 3 heterocycles. The predicted molar refractivity (Wildman–Crippen MR) is 102 cm³/mol. The van der Waals surface area contributed by atoms with Gasteiger partial charge in [0.2, 0.25) is 0 Å². The number of aromatic amines is 1. The van der Waals surface area contributed by atoms with E-state index in [1.807, 2.05) is 0 Å². The number of methoxy groups -OCH3 is 1. The van der Waals surface area contributed by atoms with E-state index in [2.05, 4.69) is 25.3 Å². The normalized spacial score (nSPS) is 12.0. The average molecular weight is 388 g/mol. The van der Waals surface area contributed by atoms with Crippen molar-refractivity contribution in [1.82, 2.24) is 19.9 Å². The number of rotatable bonds is 6. The number of hydrogen-bond donors (Lipinski definition) is 2. The van der Waals surface area contributed by atoms with E-state index in [0.29, 0.717) is 39.6 Å². The number of fused-ring (bicyclic) bond motifs is 1. The summed E-state index contributed by atoms with van der Waals surface area (Å²) in [5.41, 5.74) is 1.56. The van der Waals surface area contributed by atoms with Gasteiger partial charge in [-0.1, -0.05) is 18.5 Å². The Balaban J connectivity index is 2.12. The fraction of sp³-hybridized carbons (Fsp3) is 0.278. The van der Waals surface area contributed by atoms with Crippen molar-refractivity contribution >= 4 is 40.2 Å². The molecule has 0 aromatic carbocycles. The quantitative estimate of drug-likeness (QED) is 0.624. The number of nitrogens with zero attached hydrogens (tertiary/aromatic N) is 3. The number of halogens is 1. The molecule has 3 aromatic heterocycles. The molecule has 0 fully saturated rings. The molecule has 140 valence electrons. The van der Waals surface area contributed by atoms with Gasteiger partial charge in [-0.2, -0.15) is 0 Å². The Morgan fingerprint density at radius 1 is 1.33 bits per heavy atom. The molecule has 9 heteroatoms. The van der Waals surface area contributed by atoms with Crippen molar-refractivity contribution in [2.45, 2.75) is 26.3 Å². The Labute approximate surface area is 160 Å². The molecule has 0 aliphatic rings. The fourth-order valence-corrected chi connectivity index (χ4v) is 2.83. The van der Waals surface area contributed by atoms with Gasteiger partial charge >= 0.3 is 5.97 Å². The van der Waals surface area contributed by atoms with Gasteiger partial charge in [0.05, 0.1) is 24.4 Å². The Kier molecular flexibility index (Phi) is 5.36. The van der Waals surface area contributed by atoms with Crippen LogP contribution in [0.2, 0.25) is 5.02 Å². The first-order chi connectivity index (χ1) is 12.9. The summed E-state index contributed by atoms with van der Waals surface area (Å²) in [6.45, 7) is 3.54. The van der Waals surface area contributed by atoms with Crippen LogP contribution in [-0.4, -0.2) is 44.8 Å². The minimum Gasteiger partial charge on any atom is -0.464 e. The third-order valence-electron chi connectivity index (χ3n) is 4.10. The van der Waals surface area contributed by atoms with Gasteiger partial charge in [0, 0.05) is 29.8 Å². The fourth-order valence-electron chi connectivity index (χ4n) is 2.67. The van der Waals surface area contributed by atoms with Gasteiger partial charge in [-0.3, -0.25) is 4.79 Å². The third-order valence-corrected chi connectivity index (χ3v) is 4.31. The molecule has 3 aromatic rings. The summed E-state index contributed by atoms with van der Waals surface area (Å²) in [5.74, 6) is -0.208. The lowest BCUT2D eigenvalue weighted by atomic mass is 10.1. The smallest absolute Gasteiger partial charge is 0.358 e. The highest BCUT2D eigenvalue weighted by Gasteiger charge is 2.21. The van der Waals surface area contributed by atoms with Crippen LogP contribution in [-0.2, 0) is 9.53 Å². The van der Waals surface area contributed by atoms with E-state index >= 15 is 0 Å². The minimum absolute atomic E-state index is 0.0403. The number of anilines is 1. The Morgan fingerprint density at radius 2 is 2.11 bits per heavy atom. The van der Waals surface area contributed by atoms with Crippen LogP contribution in [0.1, 0.15) is 30.8 Å². The minimum atomic E-state index is -0.619. The van der Waals surface area contributed by atoms with Crippen molar-refractivity contribution in [1.29, 1.82) is 0 Å². The summed E-state index contributed by atoms with van der Waals surface area (Å²) in [6.07, 6.45) is 5.00.